The van der Waals surface area contributed by atoms with Crippen LogP contribution in [0.2, 0.25) is 0 Å². The number of amides is 1. The summed E-state index contributed by atoms with van der Waals surface area (Å²) < 4.78 is 0. The fourth-order valence-electron chi connectivity index (χ4n) is 3.89. The highest BCUT2D eigenvalue weighted by Crippen LogP contribution is 2.22. The molecule has 2 aliphatic rings. The van der Waals surface area contributed by atoms with Crippen molar-refractivity contribution in [3.8, 4) is 0 Å². The Balaban J connectivity index is 1.57. The summed E-state index contributed by atoms with van der Waals surface area (Å²) in [7, 11) is 0. The number of thioether (sulfide) groups is 1. The predicted octanol–water partition coefficient (Wildman–Crippen LogP) is 3.47. The van der Waals surface area contributed by atoms with E-state index in [-0.39, 0.29) is 0 Å². The molecule has 0 bridgehead atoms. The maximum Gasteiger partial charge on any atom is 0.222 e. The Morgan fingerprint density at radius 2 is 1.77 bits per heavy atom. The number of carbonyl (C=O) groups excluding carboxylic acids is 1. The van der Waals surface area contributed by atoms with Crippen molar-refractivity contribution in [3.63, 3.8) is 0 Å². The van der Waals surface area contributed by atoms with E-state index in [1.807, 2.05) is 0 Å². The van der Waals surface area contributed by atoms with Gasteiger partial charge >= 0.3 is 0 Å². The molecule has 0 radical (unpaired) electrons. The SMILES string of the molecule is CC(CCNCCC(C)(C)C)CC(=O)N1CCC(N2CCSCC2)CC1. The molecule has 0 saturated carbocycles. The van der Waals surface area contributed by atoms with Gasteiger partial charge in [-0.15, -0.1) is 0 Å². The highest BCUT2D eigenvalue weighted by Gasteiger charge is 2.28. The average Bonchev–Trinajstić information content (AvgIpc) is 2.61. The highest BCUT2D eigenvalue weighted by molar-refractivity contribution is 7.99. The highest BCUT2D eigenvalue weighted by atomic mass is 32.2. The Morgan fingerprint density at radius 1 is 1.12 bits per heavy atom. The molecular weight excluding hydrogens is 342 g/mol. The summed E-state index contributed by atoms with van der Waals surface area (Å²) in [6.45, 7) is 15.6. The van der Waals surface area contributed by atoms with Gasteiger partial charge in [-0.3, -0.25) is 9.69 Å². The zero-order valence-corrected chi connectivity index (χ0v) is 18.4. The summed E-state index contributed by atoms with van der Waals surface area (Å²) in [5, 5.41) is 3.54. The molecule has 0 aliphatic carbocycles. The number of hydrogen-bond donors (Lipinski definition) is 1. The Labute approximate surface area is 165 Å². The number of nitrogens with one attached hydrogen (secondary N) is 1. The van der Waals surface area contributed by atoms with E-state index in [1.165, 1.54) is 43.9 Å². The first-order chi connectivity index (χ1) is 12.3. The lowest BCUT2D eigenvalue weighted by molar-refractivity contribution is -0.133. The van der Waals surface area contributed by atoms with E-state index < -0.39 is 0 Å². The van der Waals surface area contributed by atoms with E-state index in [0.29, 0.717) is 29.7 Å². The van der Waals surface area contributed by atoms with Crippen molar-refractivity contribution in [2.45, 2.75) is 65.8 Å². The molecule has 0 aromatic heterocycles. The van der Waals surface area contributed by atoms with Gasteiger partial charge in [0.2, 0.25) is 5.91 Å². The minimum absolute atomic E-state index is 0.375. The van der Waals surface area contributed by atoms with Gasteiger partial charge in [-0.05, 0) is 50.1 Å². The van der Waals surface area contributed by atoms with Crippen molar-refractivity contribution >= 4 is 17.7 Å². The molecule has 0 aromatic rings. The molecule has 26 heavy (non-hydrogen) atoms. The maximum absolute atomic E-state index is 12.6. The standard InChI is InChI=1S/C21H41N3OS/c1-18(5-9-22-10-8-21(2,3)4)17-20(25)24-11-6-19(7-12-24)23-13-15-26-16-14-23/h18-19,22H,5-17H2,1-4H3. The molecule has 1 amide bonds. The smallest absolute Gasteiger partial charge is 0.222 e. The van der Waals surface area contributed by atoms with Gasteiger partial charge < -0.3 is 10.2 Å². The van der Waals surface area contributed by atoms with Crippen molar-refractivity contribution in [3.05, 3.63) is 0 Å². The molecular formula is C21H41N3OS. The number of carbonyl (C=O) groups is 1. The second-order valence-electron chi connectivity index (χ2n) is 9.42. The lowest BCUT2D eigenvalue weighted by Crippen LogP contribution is -2.49. The molecule has 1 unspecified atom stereocenters. The first-order valence-corrected chi connectivity index (χ1v) is 11.8. The van der Waals surface area contributed by atoms with Crippen molar-refractivity contribution in [2.75, 3.05) is 50.8 Å². The molecule has 2 rings (SSSR count). The van der Waals surface area contributed by atoms with Crippen molar-refractivity contribution in [1.29, 1.82) is 0 Å². The quantitative estimate of drug-likeness (QED) is 0.651. The summed E-state index contributed by atoms with van der Waals surface area (Å²) in [6, 6.07) is 0.712. The van der Waals surface area contributed by atoms with Gasteiger partial charge in [0.15, 0.2) is 0 Å². The van der Waals surface area contributed by atoms with Crippen LogP contribution in [-0.2, 0) is 4.79 Å². The zero-order valence-electron chi connectivity index (χ0n) is 17.6. The Hall–Kier alpha value is -0.260. The summed E-state index contributed by atoms with van der Waals surface area (Å²) in [5.41, 5.74) is 0.397. The maximum atomic E-state index is 12.6. The van der Waals surface area contributed by atoms with E-state index in [0.717, 1.165) is 32.6 Å². The van der Waals surface area contributed by atoms with Gasteiger partial charge in [0.25, 0.3) is 0 Å². The van der Waals surface area contributed by atoms with Gasteiger partial charge in [0, 0.05) is 50.1 Å². The lowest BCUT2D eigenvalue weighted by atomic mass is 9.92. The van der Waals surface area contributed by atoms with Gasteiger partial charge in [0.05, 0.1) is 0 Å². The Morgan fingerprint density at radius 3 is 2.38 bits per heavy atom. The summed E-state index contributed by atoms with van der Waals surface area (Å²) in [4.78, 5) is 17.4. The average molecular weight is 384 g/mol. The van der Waals surface area contributed by atoms with Crippen LogP contribution >= 0.6 is 11.8 Å². The minimum Gasteiger partial charge on any atom is -0.343 e. The third kappa shape index (κ3) is 8.18. The molecule has 2 aliphatic heterocycles. The van der Waals surface area contributed by atoms with Crippen LogP contribution in [0.5, 0.6) is 0 Å². The predicted molar refractivity (Wildman–Crippen MR) is 114 cm³/mol. The third-order valence-electron chi connectivity index (χ3n) is 5.77. The second-order valence-corrected chi connectivity index (χ2v) is 10.6. The molecule has 152 valence electrons. The topological polar surface area (TPSA) is 35.6 Å². The summed E-state index contributed by atoms with van der Waals surface area (Å²) in [6.07, 6.45) is 5.34. The molecule has 2 heterocycles. The Bertz CT molecular complexity index is 410. The minimum atomic E-state index is 0.375. The number of hydrogen-bond acceptors (Lipinski definition) is 4. The summed E-state index contributed by atoms with van der Waals surface area (Å²) in [5.74, 6) is 3.40. The molecule has 0 aromatic carbocycles. The van der Waals surface area contributed by atoms with Crippen molar-refractivity contribution in [2.24, 2.45) is 11.3 Å². The lowest BCUT2D eigenvalue weighted by Gasteiger charge is -2.40. The molecule has 1 atom stereocenters. The third-order valence-corrected chi connectivity index (χ3v) is 6.71. The van der Waals surface area contributed by atoms with E-state index >= 15 is 0 Å². The molecule has 5 heteroatoms. The van der Waals surface area contributed by atoms with Gasteiger partial charge in [-0.1, -0.05) is 27.7 Å². The largest absolute Gasteiger partial charge is 0.343 e. The molecule has 2 saturated heterocycles. The van der Waals surface area contributed by atoms with E-state index in [1.54, 1.807) is 0 Å². The molecule has 1 N–H and O–H groups in total. The van der Waals surface area contributed by atoms with Crippen LogP contribution in [0.1, 0.15) is 59.8 Å². The number of nitrogens with zero attached hydrogens (tertiary/aromatic N) is 2. The second kappa shape index (κ2) is 10.9. The fourth-order valence-corrected chi connectivity index (χ4v) is 4.82. The van der Waals surface area contributed by atoms with Crippen molar-refractivity contribution < 1.29 is 4.79 Å². The van der Waals surface area contributed by atoms with Gasteiger partial charge in [-0.25, -0.2) is 0 Å². The van der Waals surface area contributed by atoms with E-state index in [4.69, 9.17) is 0 Å². The molecule has 4 nitrogen and oxygen atoms in total. The fraction of sp³-hybridized carbons (Fsp3) is 0.952. The number of rotatable bonds is 8. The van der Waals surface area contributed by atoms with Crippen LogP contribution in [-0.4, -0.2) is 72.5 Å². The van der Waals surface area contributed by atoms with E-state index in [9.17, 15) is 4.79 Å². The molecule has 2 fully saturated rings. The monoisotopic (exact) mass is 383 g/mol. The van der Waals surface area contributed by atoms with Crippen LogP contribution < -0.4 is 5.32 Å². The number of likely N-dealkylation sites (tertiary alicyclic amines) is 1. The summed E-state index contributed by atoms with van der Waals surface area (Å²) >= 11 is 2.07. The van der Waals surface area contributed by atoms with E-state index in [2.05, 4.69) is 54.6 Å². The zero-order chi connectivity index (χ0) is 19.0. The van der Waals surface area contributed by atoms with Crippen LogP contribution in [0.25, 0.3) is 0 Å². The number of piperidine rings is 1. The van der Waals surface area contributed by atoms with Crippen LogP contribution in [0, 0.1) is 11.3 Å². The van der Waals surface area contributed by atoms with Crippen molar-refractivity contribution in [1.82, 2.24) is 15.1 Å². The Kier molecular flexibility index (Phi) is 9.25. The first-order valence-electron chi connectivity index (χ1n) is 10.7. The van der Waals surface area contributed by atoms with Gasteiger partial charge in [-0.2, -0.15) is 11.8 Å². The molecule has 0 spiro atoms. The first kappa shape index (κ1) is 22.0. The van der Waals surface area contributed by atoms with Crippen LogP contribution in [0.4, 0.5) is 0 Å². The van der Waals surface area contributed by atoms with Crippen LogP contribution in [0.15, 0.2) is 0 Å². The van der Waals surface area contributed by atoms with Gasteiger partial charge in [0.1, 0.15) is 0 Å². The van der Waals surface area contributed by atoms with Crippen LogP contribution in [0.3, 0.4) is 0 Å². The normalized spacial score (nSPS) is 21.8.